The van der Waals surface area contributed by atoms with E-state index < -0.39 is 39.8 Å². The molecule has 0 aromatic heterocycles. The molecule has 1 heterocycles. The molecule has 1 saturated heterocycles. The van der Waals surface area contributed by atoms with Gasteiger partial charge in [-0.3, -0.25) is 25.0 Å². The second-order valence-corrected chi connectivity index (χ2v) is 5.66. The van der Waals surface area contributed by atoms with Gasteiger partial charge >= 0.3 is 11.7 Å². The molecular formula is C18H13N3O7. The van der Waals surface area contributed by atoms with Crippen molar-refractivity contribution in [2.45, 2.75) is 0 Å². The van der Waals surface area contributed by atoms with Crippen molar-refractivity contribution < 1.29 is 29.2 Å². The first-order chi connectivity index (χ1) is 13.3. The van der Waals surface area contributed by atoms with E-state index >= 15 is 0 Å². The number of hydrogen-bond acceptors (Lipinski definition) is 7. The van der Waals surface area contributed by atoms with Crippen LogP contribution in [0.3, 0.4) is 0 Å². The molecule has 0 aliphatic carbocycles. The molecule has 1 aliphatic heterocycles. The van der Waals surface area contributed by atoms with E-state index in [1.165, 1.54) is 25.3 Å². The third-order valence-electron chi connectivity index (χ3n) is 3.94. The van der Waals surface area contributed by atoms with Gasteiger partial charge in [-0.25, -0.2) is 9.69 Å². The molecule has 2 aromatic carbocycles. The van der Waals surface area contributed by atoms with Gasteiger partial charge in [0, 0.05) is 6.07 Å². The predicted molar refractivity (Wildman–Crippen MR) is 96.8 cm³/mol. The van der Waals surface area contributed by atoms with Crippen LogP contribution in [0.2, 0.25) is 0 Å². The van der Waals surface area contributed by atoms with Gasteiger partial charge in [-0.05, 0) is 42.0 Å². The second kappa shape index (κ2) is 7.19. The number of aromatic hydroxyl groups is 1. The topological polar surface area (TPSA) is 139 Å². The van der Waals surface area contributed by atoms with Gasteiger partial charge < -0.3 is 9.84 Å². The molecular weight excluding hydrogens is 370 g/mol. The lowest BCUT2D eigenvalue weighted by molar-refractivity contribution is -0.385. The van der Waals surface area contributed by atoms with Crippen LogP contribution in [-0.4, -0.2) is 35.0 Å². The molecule has 0 saturated carbocycles. The molecule has 10 heteroatoms. The molecule has 28 heavy (non-hydrogen) atoms. The Kier molecular flexibility index (Phi) is 4.77. The standard InChI is InChI=1S/C18H13N3O7/c1-28-12-5-3-11(4-6-12)20-17(24)13(16(23)19-18(20)25)8-10-2-7-15(22)14(9-10)21(26)27/h2-9,22H,1H3,(H,19,23,25)/b13-8+. The summed E-state index contributed by atoms with van der Waals surface area (Å²) in [7, 11) is 1.46. The zero-order valence-corrected chi connectivity index (χ0v) is 14.4. The van der Waals surface area contributed by atoms with Crippen molar-refractivity contribution in [2.75, 3.05) is 12.0 Å². The van der Waals surface area contributed by atoms with Gasteiger partial charge in [0.1, 0.15) is 11.3 Å². The number of imide groups is 2. The number of barbiturate groups is 1. The Morgan fingerprint density at radius 1 is 1.14 bits per heavy atom. The van der Waals surface area contributed by atoms with E-state index in [4.69, 9.17) is 4.74 Å². The van der Waals surface area contributed by atoms with E-state index in [1.54, 1.807) is 12.1 Å². The summed E-state index contributed by atoms with van der Waals surface area (Å²) < 4.78 is 5.02. The molecule has 1 aliphatic rings. The van der Waals surface area contributed by atoms with Crippen molar-refractivity contribution >= 4 is 35.3 Å². The van der Waals surface area contributed by atoms with Crippen LogP contribution in [0, 0.1) is 10.1 Å². The zero-order valence-electron chi connectivity index (χ0n) is 14.4. The summed E-state index contributed by atoms with van der Waals surface area (Å²) in [5, 5.41) is 22.5. The number of urea groups is 1. The van der Waals surface area contributed by atoms with E-state index in [0.29, 0.717) is 5.75 Å². The summed E-state index contributed by atoms with van der Waals surface area (Å²) in [6.07, 6.45) is 1.10. The summed E-state index contributed by atoms with van der Waals surface area (Å²) in [5.41, 5.74) is -0.637. The zero-order chi connectivity index (χ0) is 20.4. The van der Waals surface area contributed by atoms with Gasteiger partial charge in [-0.1, -0.05) is 6.07 Å². The summed E-state index contributed by atoms with van der Waals surface area (Å²) >= 11 is 0. The van der Waals surface area contributed by atoms with Crippen molar-refractivity contribution in [3.8, 4) is 11.5 Å². The summed E-state index contributed by atoms with van der Waals surface area (Å²) in [5.74, 6) is -1.87. The molecule has 4 amide bonds. The Morgan fingerprint density at radius 2 is 1.82 bits per heavy atom. The van der Waals surface area contributed by atoms with Gasteiger partial charge in [-0.2, -0.15) is 0 Å². The number of phenolic OH excluding ortho intramolecular Hbond substituents is 1. The Morgan fingerprint density at radius 3 is 2.43 bits per heavy atom. The maximum Gasteiger partial charge on any atom is 0.335 e. The summed E-state index contributed by atoms with van der Waals surface area (Å²) in [6, 6.07) is 8.47. The van der Waals surface area contributed by atoms with Crippen LogP contribution in [0.4, 0.5) is 16.2 Å². The van der Waals surface area contributed by atoms with Crippen molar-refractivity contribution in [3.63, 3.8) is 0 Å². The number of ether oxygens (including phenoxy) is 1. The van der Waals surface area contributed by atoms with Crippen molar-refractivity contribution in [1.29, 1.82) is 0 Å². The van der Waals surface area contributed by atoms with Crippen molar-refractivity contribution in [3.05, 3.63) is 63.7 Å². The van der Waals surface area contributed by atoms with E-state index in [0.717, 1.165) is 23.1 Å². The van der Waals surface area contributed by atoms with Crippen LogP contribution >= 0.6 is 0 Å². The monoisotopic (exact) mass is 383 g/mol. The molecule has 1 fully saturated rings. The number of nitrogens with one attached hydrogen (secondary N) is 1. The van der Waals surface area contributed by atoms with Crippen LogP contribution in [0.5, 0.6) is 11.5 Å². The first-order valence-corrected chi connectivity index (χ1v) is 7.84. The number of hydrogen-bond donors (Lipinski definition) is 2. The number of carbonyl (C=O) groups is 3. The number of nitrogens with zero attached hydrogens (tertiary/aromatic N) is 2. The fourth-order valence-electron chi connectivity index (χ4n) is 2.57. The number of carbonyl (C=O) groups excluding carboxylic acids is 3. The highest BCUT2D eigenvalue weighted by Crippen LogP contribution is 2.28. The van der Waals surface area contributed by atoms with Gasteiger partial charge in [0.15, 0.2) is 5.75 Å². The van der Waals surface area contributed by atoms with Crippen LogP contribution in [-0.2, 0) is 9.59 Å². The maximum atomic E-state index is 12.8. The number of rotatable bonds is 4. The van der Waals surface area contributed by atoms with E-state index in [2.05, 4.69) is 5.32 Å². The summed E-state index contributed by atoms with van der Waals surface area (Å²) in [6.45, 7) is 0. The SMILES string of the molecule is COc1ccc(N2C(=O)NC(=O)/C(=C\c3ccc(O)c([N+](=O)[O-])c3)C2=O)cc1. The molecule has 2 aromatic rings. The van der Waals surface area contributed by atoms with E-state index in [1.807, 2.05) is 0 Å². The fraction of sp³-hybridized carbons (Fsp3) is 0.0556. The first kappa shape index (κ1) is 18.6. The number of benzene rings is 2. The average Bonchev–Trinajstić information content (AvgIpc) is 2.66. The molecule has 0 radical (unpaired) electrons. The number of nitro groups is 1. The van der Waals surface area contributed by atoms with E-state index in [-0.39, 0.29) is 11.3 Å². The largest absolute Gasteiger partial charge is 0.502 e. The molecule has 2 N–H and O–H groups in total. The summed E-state index contributed by atoms with van der Waals surface area (Å²) in [4.78, 5) is 47.9. The van der Waals surface area contributed by atoms with Gasteiger partial charge in [-0.15, -0.1) is 0 Å². The van der Waals surface area contributed by atoms with E-state index in [9.17, 15) is 29.6 Å². The molecule has 0 bridgehead atoms. The third-order valence-corrected chi connectivity index (χ3v) is 3.94. The second-order valence-electron chi connectivity index (χ2n) is 5.66. The van der Waals surface area contributed by atoms with Crippen LogP contribution in [0.15, 0.2) is 48.0 Å². The lowest BCUT2D eigenvalue weighted by Gasteiger charge is -2.26. The van der Waals surface area contributed by atoms with Gasteiger partial charge in [0.05, 0.1) is 17.7 Å². The minimum atomic E-state index is -0.935. The van der Waals surface area contributed by atoms with Crippen molar-refractivity contribution in [2.24, 2.45) is 0 Å². The normalized spacial score (nSPS) is 15.5. The fourth-order valence-corrected chi connectivity index (χ4v) is 2.57. The Hall–Kier alpha value is -4.21. The lowest BCUT2D eigenvalue weighted by Crippen LogP contribution is -2.54. The average molecular weight is 383 g/mol. The quantitative estimate of drug-likeness (QED) is 0.356. The highest BCUT2D eigenvalue weighted by atomic mass is 16.6. The van der Waals surface area contributed by atoms with Gasteiger partial charge in [0.25, 0.3) is 11.8 Å². The maximum absolute atomic E-state index is 12.8. The minimum Gasteiger partial charge on any atom is -0.502 e. The number of nitro benzene ring substituents is 1. The van der Waals surface area contributed by atoms with Crippen LogP contribution < -0.4 is 15.0 Å². The molecule has 10 nitrogen and oxygen atoms in total. The number of amides is 4. The predicted octanol–water partition coefficient (Wildman–Crippen LogP) is 1.98. The highest BCUT2D eigenvalue weighted by molar-refractivity contribution is 6.39. The molecule has 3 rings (SSSR count). The smallest absolute Gasteiger partial charge is 0.335 e. The first-order valence-electron chi connectivity index (χ1n) is 7.84. The Bertz CT molecular complexity index is 1030. The van der Waals surface area contributed by atoms with Crippen LogP contribution in [0.25, 0.3) is 6.08 Å². The number of phenols is 1. The molecule has 142 valence electrons. The number of anilines is 1. The number of methoxy groups -OCH3 is 1. The van der Waals surface area contributed by atoms with Crippen LogP contribution in [0.1, 0.15) is 5.56 Å². The third kappa shape index (κ3) is 3.38. The Labute approximate surface area is 157 Å². The Balaban J connectivity index is 2.01. The minimum absolute atomic E-state index is 0.132. The van der Waals surface area contributed by atoms with Gasteiger partial charge in [0.2, 0.25) is 0 Å². The molecule has 0 spiro atoms. The van der Waals surface area contributed by atoms with Crippen molar-refractivity contribution in [1.82, 2.24) is 5.32 Å². The lowest BCUT2D eigenvalue weighted by atomic mass is 10.1. The highest BCUT2D eigenvalue weighted by Gasteiger charge is 2.36. The molecule has 0 atom stereocenters. The molecule has 0 unspecified atom stereocenters.